The average molecular weight is 399 g/mol. The number of nitrogens with one attached hydrogen (secondary N) is 1. The normalized spacial score (nSPS) is 15.3. The molecule has 2 aromatic carbocycles. The van der Waals surface area contributed by atoms with Gasteiger partial charge in [0, 0.05) is 32.7 Å². The van der Waals surface area contributed by atoms with Crippen molar-refractivity contribution >= 4 is 17.5 Å². The smallest absolute Gasteiger partial charge is 0.232 e. The second-order valence-corrected chi connectivity index (χ2v) is 6.96. The van der Waals surface area contributed by atoms with E-state index in [4.69, 9.17) is 9.47 Å². The number of fused-ring (bicyclic) bond motifs is 1. The third-order valence-electron chi connectivity index (χ3n) is 5.06. The molecular formula is C21H22FN3O4. The lowest BCUT2D eigenvalue weighted by atomic mass is 10.2. The number of hydrogen-bond acceptors (Lipinski definition) is 5. The maximum atomic E-state index is 13.9. The molecule has 1 fully saturated rings. The van der Waals surface area contributed by atoms with E-state index in [1.807, 2.05) is 17.0 Å². The van der Waals surface area contributed by atoms with Crippen LogP contribution in [-0.2, 0) is 16.1 Å². The maximum Gasteiger partial charge on any atom is 0.232 e. The minimum atomic E-state index is -0.329. The lowest BCUT2D eigenvalue weighted by Crippen LogP contribution is -2.49. The predicted octanol–water partition coefficient (Wildman–Crippen LogP) is 1.91. The van der Waals surface area contributed by atoms with Gasteiger partial charge in [0.15, 0.2) is 11.5 Å². The summed E-state index contributed by atoms with van der Waals surface area (Å²) in [5, 5.41) is 2.76. The zero-order valence-corrected chi connectivity index (χ0v) is 15.9. The van der Waals surface area contributed by atoms with Crippen molar-refractivity contribution in [3.63, 3.8) is 0 Å². The van der Waals surface area contributed by atoms with Crippen LogP contribution in [0.25, 0.3) is 0 Å². The molecule has 0 bridgehead atoms. The van der Waals surface area contributed by atoms with Gasteiger partial charge in [0.1, 0.15) is 12.2 Å². The molecule has 2 aromatic rings. The van der Waals surface area contributed by atoms with Gasteiger partial charge < -0.3 is 24.6 Å². The first kappa shape index (κ1) is 19.0. The number of hydrogen-bond donors (Lipinski definition) is 1. The Morgan fingerprint density at radius 1 is 1.00 bits per heavy atom. The summed E-state index contributed by atoms with van der Waals surface area (Å²) in [5.41, 5.74) is 1.41. The van der Waals surface area contributed by atoms with Crippen LogP contribution in [0.3, 0.4) is 0 Å². The summed E-state index contributed by atoms with van der Waals surface area (Å²) in [6.45, 7) is 2.50. The molecule has 0 saturated carbocycles. The van der Waals surface area contributed by atoms with E-state index in [9.17, 15) is 14.0 Å². The van der Waals surface area contributed by atoms with Gasteiger partial charge in [-0.05, 0) is 29.8 Å². The van der Waals surface area contributed by atoms with Crippen molar-refractivity contribution in [3.8, 4) is 11.5 Å². The van der Waals surface area contributed by atoms with Gasteiger partial charge in [0.05, 0.1) is 5.69 Å². The lowest BCUT2D eigenvalue weighted by Gasteiger charge is -2.36. The number of ether oxygens (including phenoxy) is 2. The van der Waals surface area contributed by atoms with E-state index < -0.39 is 0 Å². The Balaban J connectivity index is 1.23. The molecule has 29 heavy (non-hydrogen) atoms. The fourth-order valence-corrected chi connectivity index (χ4v) is 3.47. The lowest BCUT2D eigenvalue weighted by molar-refractivity contribution is -0.136. The zero-order chi connectivity index (χ0) is 20.2. The molecule has 0 unspecified atom stereocenters. The van der Waals surface area contributed by atoms with Crippen molar-refractivity contribution < 1.29 is 23.5 Å². The summed E-state index contributed by atoms with van der Waals surface area (Å²) >= 11 is 0. The molecule has 0 aromatic heterocycles. The van der Waals surface area contributed by atoms with Crippen LogP contribution in [0.4, 0.5) is 10.1 Å². The fourth-order valence-electron chi connectivity index (χ4n) is 3.47. The van der Waals surface area contributed by atoms with Gasteiger partial charge in [0.25, 0.3) is 0 Å². The van der Waals surface area contributed by atoms with E-state index >= 15 is 0 Å². The molecule has 152 valence electrons. The summed E-state index contributed by atoms with van der Waals surface area (Å²) in [6, 6.07) is 12.1. The summed E-state index contributed by atoms with van der Waals surface area (Å²) in [4.78, 5) is 28.1. The molecule has 0 aliphatic carbocycles. The minimum absolute atomic E-state index is 0.198. The number of carbonyl (C=O) groups excluding carboxylic acids is 2. The third kappa shape index (κ3) is 4.42. The van der Waals surface area contributed by atoms with Crippen LogP contribution in [0.1, 0.15) is 12.0 Å². The van der Waals surface area contributed by atoms with Crippen LogP contribution < -0.4 is 19.7 Å². The second kappa shape index (κ2) is 8.38. The van der Waals surface area contributed by atoms with Crippen molar-refractivity contribution in [2.45, 2.75) is 13.0 Å². The quantitative estimate of drug-likeness (QED) is 0.778. The molecular weight excluding hydrogens is 377 g/mol. The van der Waals surface area contributed by atoms with E-state index in [1.54, 1.807) is 29.2 Å². The number of rotatable bonds is 5. The summed E-state index contributed by atoms with van der Waals surface area (Å²) in [7, 11) is 0. The van der Waals surface area contributed by atoms with E-state index in [1.165, 1.54) is 6.07 Å². The van der Waals surface area contributed by atoms with Gasteiger partial charge in [-0.1, -0.05) is 18.2 Å². The van der Waals surface area contributed by atoms with Gasteiger partial charge in [-0.25, -0.2) is 4.39 Å². The SMILES string of the molecule is O=C(CC(=O)N1CCN(c2ccccc2F)CC1)NCc1ccc2c(c1)OCO2. The summed E-state index contributed by atoms with van der Waals surface area (Å²) in [5.74, 6) is 0.520. The van der Waals surface area contributed by atoms with Crippen LogP contribution in [0.15, 0.2) is 42.5 Å². The Morgan fingerprint density at radius 2 is 1.76 bits per heavy atom. The molecule has 4 rings (SSSR count). The highest BCUT2D eigenvalue weighted by Crippen LogP contribution is 2.32. The monoisotopic (exact) mass is 399 g/mol. The number of benzene rings is 2. The van der Waals surface area contributed by atoms with Gasteiger partial charge in [-0.2, -0.15) is 0 Å². The van der Waals surface area contributed by atoms with Crippen molar-refractivity contribution in [2.75, 3.05) is 37.9 Å². The maximum absolute atomic E-state index is 13.9. The first-order valence-corrected chi connectivity index (χ1v) is 9.52. The predicted molar refractivity (Wildman–Crippen MR) is 104 cm³/mol. The first-order valence-electron chi connectivity index (χ1n) is 9.52. The number of amides is 2. The Kier molecular flexibility index (Phi) is 5.50. The standard InChI is InChI=1S/C21H22FN3O4/c22-16-3-1-2-4-17(16)24-7-9-25(10-8-24)21(27)12-20(26)23-13-15-5-6-18-19(11-15)29-14-28-18/h1-6,11H,7-10,12-14H2,(H,23,26). The topological polar surface area (TPSA) is 71.1 Å². The minimum Gasteiger partial charge on any atom is -0.454 e. The highest BCUT2D eigenvalue weighted by molar-refractivity contribution is 5.97. The van der Waals surface area contributed by atoms with Crippen LogP contribution in [0.2, 0.25) is 0 Å². The summed E-state index contributed by atoms with van der Waals surface area (Å²) < 4.78 is 24.5. The Hall–Kier alpha value is -3.29. The van der Waals surface area contributed by atoms with E-state index in [-0.39, 0.29) is 30.8 Å². The third-order valence-corrected chi connectivity index (χ3v) is 5.06. The van der Waals surface area contributed by atoms with Crippen LogP contribution in [0.5, 0.6) is 11.5 Å². The second-order valence-electron chi connectivity index (χ2n) is 6.96. The molecule has 1 saturated heterocycles. The number of para-hydroxylation sites is 1. The Morgan fingerprint density at radius 3 is 2.55 bits per heavy atom. The molecule has 1 N–H and O–H groups in total. The molecule has 2 aliphatic heterocycles. The number of halogens is 1. The highest BCUT2D eigenvalue weighted by atomic mass is 19.1. The molecule has 0 atom stereocenters. The number of carbonyl (C=O) groups is 2. The largest absolute Gasteiger partial charge is 0.454 e. The van der Waals surface area contributed by atoms with Crippen molar-refractivity contribution in [1.29, 1.82) is 0 Å². The average Bonchev–Trinajstić information content (AvgIpc) is 3.21. The molecule has 7 nitrogen and oxygen atoms in total. The highest BCUT2D eigenvalue weighted by Gasteiger charge is 2.24. The fraction of sp³-hybridized carbons (Fsp3) is 0.333. The molecule has 2 aliphatic rings. The first-order chi connectivity index (χ1) is 14.1. The summed E-state index contributed by atoms with van der Waals surface area (Å²) in [6.07, 6.45) is -0.204. The van der Waals surface area contributed by atoms with E-state index in [0.29, 0.717) is 49.9 Å². The zero-order valence-electron chi connectivity index (χ0n) is 15.9. The number of anilines is 1. The molecule has 0 radical (unpaired) electrons. The molecule has 8 heteroatoms. The van der Waals surface area contributed by atoms with Crippen LogP contribution in [0, 0.1) is 5.82 Å². The van der Waals surface area contributed by atoms with Crippen LogP contribution >= 0.6 is 0 Å². The van der Waals surface area contributed by atoms with Gasteiger partial charge in [-0.15, -0.1) is 0 Å². The number of nitrogens with zero attached hydrogens (tertiary/aromatic N) is 2. The molecule has 0 spiro atoms. The van der Waals surface area contributed by atoms with E-state index in [0.717, 1.165) is 5.56 Å². The van der Waals surface area contributed by atoms with Crippen molar-refractivity contribution in [3.05, 3.63) is 53.8 Å². The molecule has 2 heterocycles. The van der Waals surface area contributed by atoms with Crippen LogP contribution in [-0.4, -0.2) is 49.7 Å². The Bertz CT molecular complexity index is 913. The Labute approximate surface area is 168 Å². The number of piperazine rings is 1. The van der Waals surface area contributed by atoms with Gasteiger partial charge in [0.2, 0.25) is 18.6 Å². The molecule has 2 amide bonds. The van der Waals surface area contributed by atoms with Crippen molar-refractivity contribution in [1.82, 2.24) is 10.2 Å². The van der Waals surface area contributed by atoms with E-state index in [2.05, 4.69) is 5.32 Å². The van der Waals surface area contributed by atoms with Gasteiger partial charge >= 0.3 is 0 Å². The van der Waals surface area contributed by atoms with Gasteiger partial charge in [-0.3, -0.25) is 9.59 Å². The van der Waals surface area contributed by atoms with Crippen molar-refractivity contribution in [2.24, 2.45) is 0 Å².